The minimum absolute atomic E-state index is 0.0131. The fraction of sp³-hybridized carbons (Fsp3) is 0.432. The third kappa shape index (κ3) is 12.3. The Morgan fingerprint density at radius 2 is 1.71 bits per heavy atom. The Bertz CT molecular complexity index is 1640. The van der Waals surface area contributed by atoms with Crippen molar-refractivity contribution in [2.24, 2.45) is 0 Å². The second-order valence-electron chi connectivity index (χ2n) is 11.6. The highest BCUT2D eigenvalue weighted by molar-refractivity contribution is 5.96. The summed E-state index contributed by atoms with van der Waals surface area (Å²) < 4.78 is 41.8. The number of anilines is 2. The number of amides is 1. The van der Waals surface area contributed by atoms with Crippen LogP contribution in [0.5, 0.6) is 0 Å². The van der Waals surface area contributed by atoms with E-state index in [1.54, 1.807) is 48.0 Å². The number of carbonyl (C=O) groups excluding carboxylic acids is 1. The molecule has 2 heterocycles. The minimum Gasteiger partial charge on any atom is -0.396 e. The predicted molar refractivity (Wildman–Crippen MR) is 189 cm³/mol. The van der Waals surface area contributed by atoms with Gasteiger partial charge >= 0.3 is 0 Å². The van der Waals surface area contributed by atoms with Crippen LogP contribution in [0.2, 0.25) is 0 Å². The first-order valence-corrected chi connectivity index (χ1v) is 16.6. The maximum Gasteiger partial charge on any atom is 0.251 e. The van der Waals surface area contributed by atoms with Crippen molar-refractivity contribution in [3.63, 3.8) is 0 Å². The van der Waals surface area contributed by atoms with Gasteiger partial charge in [-0.25, -0.2) is 23.1 Å². The molecule has 0 bridgehead atoms. The van der Waals surface area contributed by atoms with E-state index in [4.69, 9.17) is 10.2 Å². The van der Waals surface area contributed by atoms with E-state index in [1.807, 2.05) is 19.9 Å². The summed E-state index contributed by atoms with van der Waals surface area (Å²) >= 11 is 0. The molecule has 1 unspecified atom stereocenters. The molecule has 268 valence electrons. The number of aryl methyl sites for hydroxylation is 2. The van der Waals surface area contributed by atoms with Crippen molar-refractivity contribution in [1.82, 2.24) is 19.7 Å². The minimum atomic E-state index is -0.905. The number of aliphatic hydroxyl groups excluding tert-OH is 3. The van der Waals surface area contributed by atoms with Gasteiger partial charge in [0, 0.05) is 42.4 Å². The number of aromatic nitrogens is 3. The van der Waals surface area contributed by atoms with E-state index >= 15 is 0 Å². The second kappa shape index (κ2) is 21.0. The van der Waals surface area contributed by atoms with E-state index in [9.17, 15) is 23.1 Å². The van der Waals surface area contributed by atoms with Gasteiger partial charge < -0.3 is 26.0 Å². The number of hydrogen-bond donors (Lipinski definition) is 5. The molecule has 0 fully saturated rings. The van der Waals surface area contributed by atoms with E-state index in [-0.39, 0.29) is 30.8 Å². The summed E-state index contributed by atoms with van der Waals surface area (Å²) in [7, 11) is 0. The smallest absolute Gasteiger partial charge is 0.251 e. The van der Waals surface area contributed by atoms with Crippen molar-refractivity contribution in [3.05, 3.63) is 89.4 Å². The van der Waals surface area contributed by atoms with E-state index in [0.29, 0.717) is 71.8 Å². The summed E-state index contributed by atoms with van der Waals surface area (Å²) in [4.78, 5) is 21.2. The highest BCUT2D eigenvalue weighted by Crippen LogP contribution is 2.30. The molecule has 12 heteroatoms. The SMILES string of the molecule is C=C(CO)CC(O)CCC.CC(C)F.CCc1cc(Nc2nccn3c(-c4ccc(CC)c(F)c4F)cnc23)ccc1C(=O)NCCCO. The normalized spacial score (nSPS) is 11.3. The zero-order chi connectivity index (χ0) is 36.5. The second-order valence-corrected chi connectivity index (χ2v) is 11.6. The van der Waals surface area contributed by atoms with E-state index < -0.39 is 17.8 Å². The number of fused-ring (bicyclic) bond motifs is 1. The summed E-state index contributed by atoms with van der Waals surface area (Å²) in [6.45, 7) is 12.7. The summed E-state index contributed by atoms with van der Waals surface area (Å²) in [5.74, 6) is -1.51. The molecule has 0 aliphatic carbocycles. The van der Waals surface area contributed by atoms with Gasteiger partial charge in [0.15, 0.2) is 23.1 Å². The van der Waals surface area contributed by atoms with E-state index in [0.717, 1.165) is 18.4 Å². The number of aliphatic hydroxyl groups is 3. The van der Waals surface area contributed by atoms with Crippen LogP contribution in [0.4, 0.5) is 24.7 Å². The monoisotopic (exact) mass is 685 g/mol. The Balaban J connectivity index is 0.000000502. The average molecular weight is 686 g/mol. The van der Waals surface area contributed by atoms with E-state index in [2.05, 4.69) is 27.2 Å². The first-order chi connectivity index (χ1) is 23.4. The van der Waals surface area contributed by atoms with Crippen molar-refractivity contribution in [2.45, 2.75) is 85.4 Å². The van der Waals surface area contributed by atoms with Gasteiger partial charge in [0.2, 0.25) is 0 Å². The van der Waals surface area contributed by atoms with E-state index in [1.165, 1.54) is 20.0 Å². The van der Waals surface area contributed by atoms with Crippen molar-refractivity contribution < 1.29 is 33.3 Å². The molecule has 9 nitrogen and oxygen atoms in total. The van der Waals surface area contributed by atoms with Gasteiger partial charge in [0.05, 0.1) is 30.8 Å². The molecule has 0 radical (unpaired) electrons. The molecule has 0 aliphatic rings. The summed E-state index contributed by atoms with van der Waals surface area (Å²) in [6.07, 6.45) is 7.54. The van der Waals surface area contributed by atoms with Gasteiger partial charge in [-0.2, -0.15) is 0 Å². The number of benzene rings is 2. The topological polar surface area (TPSA) is 132 Å². The average Bonchev–Trinajstić information content (AvgIpc) is 3.51. The van der Waals surface area contributed by atoms with Crippen LogP contribution in [-0.4, -0.2) is 67.6 Å². The highest BCUT2D eigenvalue weighted by atomic mass is 19.2. The first-order valence-electron chi connectivity index (χ1n) is 16.6. The van der Waals surface area contributed by atoms with Crippen LogP contribution in [0.1, 0.15) is 81.8 Å². The maximum atomic E-state index is 14.8. The van der Waals surface area contributed by atoms with Gasteiger partial charge in [0.1, 0.15) is 0 Å². The number of hydrogen-bond acceptors (Lipinski definition) is 7. The number of imidazole rings is 1. The fourth-order valence-corrected chi connectivity index (χ4v) is 4.80. The van der Waals surface area contributed by atoms with Crippen molar-refractivity contribution in [2.75, 3.05) is 25.1 Å². The number of halogens is 3. The third-order valence-corrected chi connectivity index (χ3v) is 7.23. The van der Waals surface area contributed by atoms with Crippen LogP contribution < -0.4 is 10.6 Å². The summed E-state index contributed by atoms with van der Waals surface area (Å²) in [5.41, 5.74) is 4.14. The van der Waals surface area contributed by atoms with Gasteiger partial charge in [-0.3, -0.25) is 9.20 Å². The Morgan fingerprint density at radius 3 is 2.33 bits per heavy atom. The standard InChI is InChI=1S/C26H27F2N5O2.C8H16O2.C3H7F/c1-3-16-6-8-20(23(28)22(16)27)21-15-31-25-24(29-11-12-33(21)25)32-18-7-9-19(17(4-2)14-18)26(35)30-10-5-13-34;1-3-4-8(10)5-7(2)6-9;1-3(2)4/h6-9,11-12,14-15,34H,3-5,10,13H2,1-2H3,(H,29,32)(H,30,35);8-10H,2-6H2,1H3;3H,1-2H3. The van der Waals surface area contributed by atoms with Gasteiger partial charge in [-0.1, -0.05) is 39.8 Å². The molecular formula is C37H50F3N5O4. The Kier molecular flexibility index (Phi) is 17.5. The molecule has 5 N–H and O–H groups in total. The van der Waals surface area contributed by atoms with Crippen molar-refractivity contribution in [1.29, 1.82) is 0 Å². The van der Waals surface area contributed by atoms with Crippen LogP contribution >= 0.6 is 0 Å². The fourth-order valence-electron chi connectivity index (χ4n) is 4.80. The molecule has 0 aliphatic heterocycles. The number of nitrogens with one attached hydrogen (secondary N) is 2. The van der Waals surface area contributed by atoms with Crippen LogP contribution in [0.25, 0.3) is 16.9 Å². The molecule has 49 heavy (non-hydrogen) atoms. The van der Waals surface area contributed by atoms with Gasteiger partial charge in [-0.05, 0) is 86.9 Å². The number of carbonyl (C=O) groups is 1. The zero-order valence-electron chi connectivity index (χ0n) is 29.1. The largest absolute Gasteiger partial charge is 0.396 e. The molecule has 1 amide bonds. The molecule has 4 rings (SSSR count). The molecule has 1 atom stereocenters. The summed E-state index contributed by atoms with van der Waals surface area (Å²) in [6, 6.07) is 8.52. The van der Waals surface area contributed by atoms with Crippen molar-refractivity contribution >= 4 is 23.1 Å². The molecule has 0 spiro atoms. The lowest BCUT2D eigenvalue weighted by molar-refractivity contribution is 0.0950. The molecule has 0 saturated heterocycles. The lowest BCUT2D eigenvalue weighted by Gasteiger charge is -2.13. The Morgan fingerprint density at radius 1 is 1.02 bits per heavy atom. The lowest BCUT2D eigenvalue weighted by atomic mass is 10.0. The van der Waals surface area contributed by atoms with Crippen LogP contribution in [0.3, 0.4) is 0 Å². The first kappa shape index (κ1) is 40.9. The van der Waals surface area contributed by atoms with Crippen LogP contribution in [0.15, 0.2) is 61.1 Å². The highest BCUT2D eigenvalue weighted by Gasteiger charge is 2.18. The Labute approximate surface area is 286 Å². The van der Waals surface area contributed by atoms with Gasteiger partial charge in [-0.15, -0.1) is 0 Å². The van der Waals surface area contributed by atoms with Crippen molar-refractivity contribution in [3.8, 4) is 11.3 Å². The lowest BCUT2D eigenvalue weighted by Crippen LogP contribution is -2.26. The molecule has 0 saturated carbocycles. The number of alkyl halides is 1. The maximum absolute atomic E-state index is 14.8. The summed E-state index contributed by atoms with van der Waals surface area (Å²) in [5, 5.41) is 32.6. The number of rotatable bonds is 14. The predicted octanol–water partition coefficient (Wildman–Crippen LogP) is 7.11. The third-order valence-electron chi connectivity index (χ3n) is 7.23. The molecule has 2 aromatic carbocycles. The quantitative estimate of drug-likeness (QED) is 0.0707. The van der Waals surface area contributed by atoms with Crippen LogP contribution in [0, 0.1) is 11.6 Å². The molecule has 4 aromatic rings. The van der Waals surface area contributed by atoms with Gasteiger partial charge in [0.25, 0.3) is 5.91 Å². The molecule has 2 aromatic heterocycles. The zero-order valence-corrected chi connectivity index (χ0v) is 29.1. The number of nitrogens with zero attached hydrogens (tertiary/aromatic N) is 3. The van der Waals surface area contributed by atoms with Crippen LogP contribution in [-0.2, 0) is 12.8 Å². The molecular weight excluding hydrogens is 635 g/mol. The Hall–Kier alpha value is -4.26.